The van der Waals surface area contributed by atoms with Crippen molar-refractivity contribution in [3.8, 4) is 5.75 Å². The molecule has 1 rings (SSSR count). The number of amides is 1. The number of hydrogen-bond donors (Lipinski definition) is 2. The minimum atomic E-state index is -4.13. The van der Waals surface area contributed by atoms with Crippen molar-refractivity contribution in [1.82, 2.24) is 9.62 Å². The molecule has 2 N–H and O–H groups in total. The number of carboxylic acids is 1. The molecule has 0 aliphatic rings. The molecule has 1 unspecified atom stereocenters. The number of rotatable bonds is 8. The average Bonchev–Trinajstić information content (AvgIpc) is 2.50. The Labute approximate surface area is 145 Å². The molecule has 0 aliphatic heterocycles. The Morgan fingerprint density at radius 2 is 2.04 bits per heavy atom. The number of nitrogens with zero attached hydrogens (tertiary/aromatic N) is 1. The zero-order valence-electron chi connectivity index (χ0n) is 13.4. The van der Waals surface area contributed by atoms with Crippen molar-refractivity contribution in [1.29, 1.82) is 0 Å². The van der Waals surface area contributed by atoms with E-state index in [1.54, 1.807) is 0 Å². The van der Waals surface area contributed by atoms with Crippen molar-refractivity contribution in [3.63, 3.8) is 0 Å². The molecule has 0 bridgehead atoms. The summed E-state index contributed by atoms with van der Waals surface area (Å²) in [5.41, 5.74) is 0. The van der Waals surface area contributed by atoms with E-state index in [0.717, 1.165) is 4.31 Å². The van der Waals surface area contributed by atoms with Gasteiger partial charge < -0.3 is 15.2 Å². The topological polar surface area (TPSA) is 113 Å². The first-order valence-corrected chi connectivity index (χ1v) is 8.75. The van der Waals surface area contributed by atoms with Crippen LogP contribution in [0.1, 0.15) is 13.8 Å². The number of methoxy groups -OCH3 is 1. The van der Waals surface area contributed by atoms with E-state index in [4.69, 9.17) is 16.3 Å². The third-order valence-electron chi connectivity index (χ3n) is 3.22. The maximum absolute atomic E-state index is 12.8. The fourth-order valence-electron chi connectivity index (χ4n) is 1.92. The Morgan fingerprint density at radius 1 is 1.42 bits per heavy atom. The summed E-state index contributed by atoms with van der Waals surface area (Å²) in [5.74, 6) is -1.49. The monoisotopic (exact) mass is 378 g/mol. The fraction of sp³-hybridized carbons (Fsp3) is 0.429. The van der Waals surface area contributed by atoms with Gasteiger partial charge in [-0.25, -0.2) is 8.42 Å². The van der Waals surface area contributed by atoms with Crippen LogP contribution < -0.4 is 10.1 Å². The van der Waals surface area contributed by atoms with E-state index in [1.165, 1.54) is 39.2 Å². The van der Waals surface area contributed by atoms with Crippen LogP contribution >= 0.6 is 11.6 Å². The summed E-state index contributed by atoms with van der Waals surface area (Å²) in [6.07, 6.45) is 0. The highest BCUT2D eigenvalue weighted by Crippen LogP contribution is 2.29. The van der Waals surface area contributed by atoms with Crippen LogP contribution in [0.15, 0.2) is 23.1 Å². The molecule has 0 aromatic heterocycles. The van der Waals surface area contributed by atoms with Gasteiger partial charge in [-0.2, -0.15) is 4.31 Å². The van der Waals surface area contributed by atoms with Crippen LogP contribution in [-0.4, -0.2) is 55.9 Å². The average molecular weight is 379 g/mol. The van der Waals surface area contributed by atoms with Crippen molar-refractivity contribution in [3.05, 3.63) is 23.2 Å². The molecule has 0 radical (unpaired) electrons. The van der Waals surface area contributed by atoms with Gasteiger partial charge in [-0.3, -0.25) is 9.59 Å². The van der Waals surface area contributed by atoms with E-state index in [2.05, 4.69) is 5.32 Å². The highest BCUT2D eigenvalue weighted by molar-refractivity contribution is 7.89. The molecule has 1 aromatic rings. The van der Waals surface area contributed by atoms with Gasteiger partial charge in [0.2, 0.25) is 15.9 Å². The summed E-state index contributed by atoms with van der Waals surface area (Å²) < 4.78 is 31.4. The highest BCUT2D eigenvalue weighted by atomic mass is 35.5. The lowest BCUT2D eigenvalue weighted by atomic mass is 10.3. The molecule has 1 amide bonds. The molecule has 1 aromatic carbocycles. The van der Waals surface area contributed by atoms with Gasteiger partial charge in [0.1, 0.15) is 11.8 Å². The summed E-state index contributed by atoms with van der Waals surface area (Å²) in [6, 6.07) is 2.52. The van der Waals surface area contributed by atoms with Gasteiger partial charge in [-0.05, 0) is 19.1 Å². The molecule has 24 heavy (non-hydrogen) atoms. The first kappa shape index (κ1) is 20.2. The van der Waals surface area contributed by atoms with Gasteiger partial charge in [-0.15, -0.1) is 0 Å². The van der Waals surface area contributed by atoms with Crippen LogP contribution in [0.4, 0.5) is 0 Å². The third-order valence-corrected chi connectivity index (χ3v) is 5.50. The lowest BCUT2D eigenvalue weighted by Gasteiger charge is -2.26. The molecule has 0 heterocycles. The normalized spacial score (nSPS) is 12.7. The second-order valence-corrected chi connectivity index (χ2v) is 7.21. The van der Waals surface area contributed by atoms with Crippen LogP contribution in [0.3, 0.4) is 0 Å². The molecule has 10 heteroatoms. The zero-order chi connectivity index (χ0) is 18.5. The number of sulfonamides is 1. The smallest absolute Gasteiger partial charge is 0.321 e. The van der Waals surface area contributed by atoms with E-state index < -0.39 is 22.0 Å². The predicted molar refractivity (Wildman–Crippen MR) is 87.7 cm³/mol. The lowest BCUT2D eigenvalue weighted by Crippen LogP contribution is -2.46. The van der Waals surface area contributed by atoms with Crippen molar-refractivity contribution in [2.75, 3.05) is 20.2 Å². The van der Waals surface area contributed by atoms with E-state index >= 15 is 0 Å². The molecule has 0 fully saturated rings. The van der Waals surface area contributed by atoms with Gasteiger partial charge in [-0.1, -0.05) is 11.6 Å². The maximum atomic E-state index is 12.8. The van der Waals surface area contributed by atoms with Gasteiger partial charge in [0.05, 0.1) is 17.0 Å². The van der Waals surface area contributed by atoms with Crippen LogP contribution in [0, 0.1) is 0 Å². The Morgan fingerprint density at radius 3 is 2.54 bits per heavy atom. The molecule has 134 valence electrons. The quantitative estimate of drug-likeness (QED) is 0.696. The molecule has 8 nitrogen and oxygen atoms in total. The Kier molecular flexibility index (Phi) is 7.00. The van der Waals surface area contributed by atoms with Crippen LogP contribution in [0.2, 0.25) is 5.02 Å². The summed E-state index contributed by atoms with van der Waals surface area (Å²) in [4.78, 5) is 22.0. The number of carboxylic acid groups (broad SMARTS) is 1. The van der Waals surface area contributed by atoms with Crippen LogP contribution in [-0.2, 0) is 19.6 Å². The Balaban J connectivity index is 3.22. The Hall–Kier alpha value is -1.84. The van der Waals surface area contributed by atoms with E-state index in [-0.39, 0.29) is 34.7 Å². The first-order valence-electron chi connectivity index (χ1n) is 6.94. The number of aliphatic carboxylic acids is 1. The van der Waals surface area contributed by atoms with E-state index in [0.29, 0.717) is 0 Å². The van der Waals surface area contributed by atoms with Crippen molar-refractivity contribution in [2.45, 2.75) is 24.8 Å². The second kappa shape index (κ2) is 8.32. The molecule has 0 spiro atoms. The fourth-order valence-corrected chi connectivity index (χ4v) is 3.72. The van der Waals surface area contributed by atoms with Gasteiger partial charge in [0, 0.05) is 26.1 Å². The van der Waals surface area contributed by atoms with Gasteiger partial charge in [0.15, 0.2) is 0 Å². The SMILES string of the molecule is COc1cc(S(=O)(=O)N(CCNC(C)=O)C(C)C(=O)O)ccc1Cl. The standard InChI is InChI=1S/C14H19ClN2O6S/c1-9(14(19)20)17(7-6-16-10(2)18)24(21,22)11-4-5-12(15)13(8-11)23-3/h4-5,8-9H,6-7H2,1-3H3,(H,16,18)(H,19,20). The molecule has 0 saturated carbocycles. The number of carbonyl (C=O) groups excluding carboxylic acids is 1. The minimum Gasteiger partial charge on any atom is -0.495 e. The molecule has 0 saturated heterocycles. The number of hydrogen-bond acceptors (Lipinski definition) is 5. The third kappa shape index (κ3) is 4.83. The van der Waals surface area contributed by atoms with E-state index in [1.807, 2.05) is 0 Å². The van der Waals surface area contributed by atoms with Crippen molar-refractivity contribution >= 4 is 33.5 Å². The van der Waals surface area contributed by atoms with Crippen LogP contribution in [0.25, 0.3) is 0 Å². The second-order valence-electron chi connectivity index (χ2n) is 4.91. The van der Waals surface area contributed by atoms with Gasteiger partial charge >= 0.3 is 5.97 Å². The summed E-state index contributed by atoms with van der Waals surface area (Å²) >= 11 is 5.88. The highest BCUT2D eigenvalue weighted by Gasteiger charge is 2.33. The maximum Gasteiger partial charge on any atom is 0.321 e. The number of ether oxygens (including phenoxy) is 1. The largest absolute Gasteiger partial charge is 0.495 e. The number of benzene rings is 1. The molecule has 1 atom stereocenters. The van der Waals surface area contributed by atoms with Gasteiger partial charge in [0.25, 0.3) is 0 Å². The summed E-state index contributed by atoms with van der Waals surface area (Å²) in [6.45, 7) is 2.32. The number of carbonyl (C=O) groups is 2. The van der Waals surface area contributed by atoms with Crippen molar-refractivity contribution in [2.24, 2.45) is 0 Å². The number of nitrogens with one attached hydrogen (secondary N) is 1. The van der Waals surface area contributed by atoms with E-state index in [9.17, 15) is 23.1 Å². The predicted octanol–water partition coefficient (Wildman–Crippen LogP) is 0.949. The molecular weight excluding hydrogens is 360 g/mol. The summed E-state index contributed by atoms with van der Waals surface area (Å²) in [7, 11) is -2.79. The van der Waals surface area contributed by atoms with Crippen LogP contribution in [0.5, 0.6) is 5.75 Å². The zero-order valence-corrected chi connectivity index (χ0v) is 15.0. The minimum absolute atomic E-state index is 0.0170. The summed E-state index contributed by atoms with van der Waals surface area (Å²) in [5, 5.41) is 11.8. The number of halogens is 1. The Bertz CT molecular complexity index is 722. The first-order chi connectivity index (χ1) is 11.1. The lowest BCUT2D eigenvalue weighted by molar-refractivity contribution is -0.140. The molecule has 0 aliphatic carbocycles. The molecular formula is C14H19ClN2O6S. The van der Waals surface area contributed by atoms with Crippen molar-refractivity contribution < 1.29 is 27.9 Å².